The lowest BCUT2D eigenvalue weighted by Gasteiger charge is -2.18. The molecule has 0 amide bonds. The molecule has 0 spiro atoms. The quantitative estimate of drug-likeness (QED) is 0.0263. The summed E-state index contributed by atoms with van der Waals surface area (Å²) >= 11 is 0. The van der Waals surface area contributed by atoms with Gasteiger partial charge in [-0.25, -0.2) is 0 Å². The van der Waals surface area contributed by atoms with E-state index < -0.39 is 6.10 Å². The second kappa shape index (κ2) is 48.3. The molecule has 0 saturated heterocycles. The molecule has 6 heteroatoms. The zero-order valence-electron chi connectivity index (χ0n) is 39.3. The SMILES string of the molecule is CCCCC/C=C\C/C=C\CCCCCCCC(=O)OCC(COC(=O)CCCCCCCCCCCCCC)OC(=O)CCCCCCC/C=C\CCCCCCC. The molecule has 0 saturated carbocycles. The average molecular weight is 829 g/mol. The number of rotatable bonds is 46. The number of carbonyl (C=O) groups excluding carboxylic acids is 3. The largest absolute Gasteiger partial charge is 0.462 e. The highest BCUT2D eigenvalue weighted by atomic mass is 16.6. The Bertz CT molecular complexity index is 1000. The molecule has 0 N–H and O–H groups in total. The maximum atomic E-state index is 12.8. The molecule has 0 bridgehead atoms. The fourth-order valence-electron chi connectivity index (χ4n) is 7.23. The second-order valence-electron chi connectivity index (χ2n) is 17.1. The van der Waals surface area contributed by atoms with Crippen molar-refractivity contribution in [2.75, 3.05) is 13.2 Å². The maximum absolute atomic E-state index is 12.8. The third kappa shape index (κ3) is 46.5. The van der Waals surface area contributed by atoms with Gasteiger partial charge in [0.25, 0.3) is 0 Å². The van der Waals surface area contributed by atoms with Gasteiger partial charge in [0, 0.05) is 19.3 Å². The van der Waals surface area contributed by atoms with Crippen molar-refractivity contribution in [3.05, 3.63) is 36.5 Å². The molecule has 1 unspecified atom stereocenters. The summed E-state index contributed by atoms with van der Waals surface area (Å²) in [6.07, 6.45) is 55.5. The van der Waals surface area contributed by atoms with Crippen LogP contribution in [0.3, 0.4) is 0 Å². The summed E-state index contributed by atoms with van der Waals surface area (Å²) in [5.74, 6) is -0.892. The lowest BCUT2D eigenvalue weighted by atomic mass is 10.0. The molecule has 0 aromatic heterocycles. The van der Waals surface area contributed by atoms with Crippen LogP contribution in [0.5, 0.6) is 0 Å². The van der Waals surface area contributed by atoms with Crippen LogP contribution in [0.2, 0.25) is 0 Å². The van der Waals surface area contributed by atoms with Crippen molar-refractivity contribution >= 4 is 17.9 Å². The molecule has 0 aromatic rings. The summed E-state index contributed by atoms with van der Waals surface area (Å²) in [7, 11) is 0. The van der Waals surface area contributed by atoms with Gasteiger partial charge in [-0.3, -0.25) is 14.4 Å². The van der Waals surface area contributed by atoms with Gasteiger partial charge in [0.15, 0.2) is 6.10 Å². The molecule has 0 aliphatic heterocycles. The van der Waals surface area contributed by atoms with E-state index in [1.54, 1.807) is 0 Å². The monoisotopic (exact) mass is 829 g/mol. The number of carbonyl (C=O) groups is 3. The van der Waals surface area contributed by atoms with Gasteiger partial charge in [0.05, 0.1) is 0 Å². The number of esters is 3. The molecule has 0 aliphatic carbocycles. The number of allylic oxidation sites excluding steroid dienone is 6. The summed E-state index contributed by atoms with van der Waals surface area (Å²) in [5.41, 5.74) is 0. The minimum atomic E-state index is -0.777. The van der Waals surface area contributed by atoms with Gasteiger partial charge < -0.3 is 14.2 Å². The maximum Gasteiger partial charge on any atom is 0.306 e. The number of ether oxygens (including phenoxy) is 3. The molecular weight excluding hydrogens is 733 g/mol. The van der Waals surface area contributed by atoms with Crippen molar-refractivity contribution in [3.8, 4) is 0 Å². The first-order valence-electron chi connectivity index (χ1n) is 25.5. The van der Waals surface area contributed by atoms with Crippen molar-refractivity contribution in [3.63, 3.8) is 0 Å². The summed E-state index contributed by atoms with van der Waals surface area (Å²) in [5, 5.41) is 0. The normalized spacial score (nSPS) is 12.3. The van der Waals surface area contributed by atoms with E-state index in [1.807, 2.05) is 0 Å². The zero-order chi connectivity index (χ0) is 43.0. The zero-order valence-corrected chi connectivity index (χ0v) is 39.3. The van der Waals surface area contributed by atoms with Crippen LogP contribution in [0.4, 0.5) is 0 Å². The van der Waals surface area contributed by atoms with Crippen molar-refractivity contribution in [2.45, 2.75) is 271 Å². The Morgan fingerprint density at radius 2 is 0.610 bits per heavy atom. The van der Waals surface area contributed by atoms with E-state index in [-0.39, 0.29) is 31.1 Å². The molecular formula is C53H96O6. The van der Waals surface area contributed by atoms with E-state index in [9.17, 15) is 14.4 Å². The standard InChI is InChI=1S/C53H96O6/c1-4-7-10-13-16-19-22-25-27-29-31-34-37-40-43-46-52(55)58-49-50(48-57-51(54)45-42-39-36-33-30-24-21-18-15-12-9-6-3)59-53(56)47-44-41-38-35-32-28-26-23-20-17-14-11-8-5-2/h16,19,23,25-27,50H,4-15,17-18,20-22,24,28-49H2,1-3H3/b19-16-,26-23-,27-25-. The minimum Gasteiger partial charge on any atom is -0.462 e. The highest BCUT2D eigenvalue weighted by Crippen LogP contribution is 2.15. The van der Waals surface area contributed by atoms with Gasteiger partial charge in [-0.05, 0) is 77.0 Å². The molecule has 0 fully saturated rings. The molecule has 344 valence electrons. The van der Waals surface area contributed by atoms with E-state index in [2.05, 4.69) is 57.2 Å². The first-order valence-corrected chi connectivity index (χ1v) is 25.5. The highest BCUT2D eigenvalue weighted by molar-refractivity contribution is 5.71. The predicted octanol–water partition coefficient (Wildman–Crippen LogP) is 16.5. The van der Waals surface area contributed by atoms with E-state index in [0.717, 1.165) is 89.9 Å². The molecule has 1 atom stereocenters. The number of hydrogen-bond donors (Lipinski definition) is 0. The Kier molecular flexibility index (Phi) is 46.4. The van der Waals surface area contributed by atoms with Gasteiger partial charge in [0.1, 0.15) is 13.2 Å². The Morgan fingerprint density at radius 1 is 0.339 bits per heavy atom. The van der Waals surface area contributed by atoms with Crippen LogP contribution in [-0.2, 0) is 28.6 Å². The van der Waals surface area contributed by atoms with Crippen LogP contribution in [0.1, 0.15) is 265 Å². The third-order valence-electron chi connectivity index (χ3n) is 11.1. The highest BCUT2D eigenvalue weighted by Gasteiger charge is 2.19. The smallest absolute Gasteiger partial charge is 0.306 e. The van der Waals surface area contributed by atoms with Gasteiger partial charge in [-0.1, -0.05) is 205 Å². The Hall–Kier alpha value is -2.37. The second-order valence-corrected chi connectivity index (χ2v) is 17.1. The molecule has 59 heavy (non-hydrogen) atoms. The number of hydrogen-bond acceptors (Lipinski definition) is 6. The molecule has 0 rings (SSSR count). The van der Waals surface area contributed by atoms with Crippen LogP contribution in [0.15, 0.2) is 36.5 Å². The Labute approximate surface area is 365 Å². The van der Waals surface area contributed by atoms with E-state index >= 15 is 0 Å². The van der Waals surface area contributed by atoms with Crippen LogP contribution in [0, 0.1) is 0 Å². The summed E-state index contributed by atoms with van der Waals surface area (Å²) in [4.78, 5) is 37.9. The summed E-state index contributed by atoms with van der Waals surface area (Å²) < 4.78 is 16.8. The van der Waals surface area contributed by atoms with Gasteiger partial charge in [-0.15, -0.1) is 0 Å². The predicted molar refractivity (Wildman–Crippen MR) is 252 cm³/mol. The molecule has 0 aliphatic rings. The molecule has 0 heterocycles. The van der Waals surface area contributed by atoms with Crippen LogP contribution < -0.4 is 0 Å². The van der Waals surface area contributed by atoms with Crippen LogP contribution in [-0.4, -0.2) is 37.2 Å². The van der Waals surface area contributed by atoms with Crippen molar-refractivity contribution in [1.82, 2.24) is 0 Å². The van der Waals surface area contributed by atoms with E-state index in [1.165, 1.54) is 135 Å². The lowest BCUT2D eigenvalue weighted by Crippen LogP contribution is -2.30. The van der Waals surface area contributed by atoms with Gasteiger partial charge in [-0.2, -0.15) is 0 Å². The average Bonchev–Trinajstić information content (AvgIpc) is 3.23. The Balaban J connectivity index is 4.39. The Morgan fingerprint density at radius 3 is 0.983 bits per heavy atom. The van der Waals surface area contributed by atoms with Gasteiger partial charge in [0.2, 0.25) is 0 Å². The van der Waals surface area contributed by atoms with Crippen molar-refractivity contribution in [1.29, 1.82) is 0 Å². The van der Waals surface area contributed by atoms with Crippen molar-refractivity contribution in [2.24, 2.45) is 0 Å². The van der Waals surface area contributed by atoms with Gasteiger partial charge >= 0.3 is 17.9 Å². The number of unbranched alkanes of at least 4 members (excludes halogenated alkanes) is 29. The van der Waals surface area contributed by atoms with Crippen LogP contribution in [0.25, 0.3) is 0 Å². The lowest BCUT2D eigenvalue weighted by molar-refractivity contribution is -0.167. The first kappa shape index (κ1) is 56.6. The third-order valence-corrected chi connectivity index (χ3v) is 11.1. The van der Waals surface area contributed by atoms with E-state index in [0.29, 0.717) is 19.3 Å². The first-order chi connectivity index (χ1) is 29.0. The molecule has 6 nitrogen and oxygen atoms in total. The summed E-state index contributed by atoms with van der Waals surface area (Å²) in [6, 6.07) is 0. The fraction of sp³-hybridized carbons (Fsp3) is 0.830. The van der Waals surface area contributed by atoms with Crippen molar-refractivity contribution < 1.29 is 28.6 Å². The molecule has 0 radical (unpaired) electrons. The summed E-state index contributed by atoms with van der Waals surface area (Å²) in [6.45, 7) is 6.59. The minimum absolute atomic E-state index is 0.0773. The topological polar surface area (TPSA) is 78.9 Å². The van der Waals surface area contributed by atoms with E-state index in [4.69, 9.17) is 14.2 Å². The fourth-order valence-corrected chi connectivity index (χ4v) is 7.23. The van der Waals surface area contributed by atoms with Crippen LogP contribution >= 0.6 is 0 Å². The molecule has 0 aromatic carbocycles.